The highest BCUT2D eigenvalue weighted by Gasteiger charge is 2.27. The van der Waals surface area contributed by atoms with E-state index in [9.17, 15) is 13.2 Å². The van der Waals surface area contributed by atoms with Gasteiger partial charge >= 0.3 is 6.18 Å². The minimum absolute atomic E-state index is 0.741. The summed E-state index contributed by atoms with van der Waals surface area (Å²) in [5.74, 6) is 0. The smallest absolute Gasteiger partial charge is 0.422 e. The summed E-state index contributed by atoms with van der Waals surface area (Å²) in [5, 5.41) is 2.20. The first-order valence-electron chi connectivity index (χ1n) is 9.51. The number of hydrogen-bond acceptors (Lipinski definition) is 6. The Balaban J connectivity index is 2.34. The first kappa shape index (κ1) is 24.3. The molecule has 1 aliphatic rings. The molecule has 1 rings (SSSR count). The van der Waals surface area contributed by atoms with Crippen molar-refractivity contribution in [2.75, 3.05) is 52.6 Å². The average molecular weight is 411 g/mol. The van der Waals surface area contributed by atoms with E-state index in [1.54, 1.807) is 11.8 Å². The molecule has 0 aromatic heterocycles. The van der Waals surface area contributed by atoms with E-state index in [-0.39, 0.29) is 0 Å². The van der Waals surface area contributed by atoms with Gasteiger partial charge in [-0.05, 0) is 39.1 Å². The molecule has 0 spiro atoms. The average Bonchev–Trinajstić information content (AvgIpc) is 2.83. The molecule has 0 aromatic carbocycles. The lowest BCUT2D eigenvalue weighted by Crippen LogP contribution is -2.35. The SMILES string of the molecule is CCN(CCCCCN1CCC(N=COCC(F)(F)F)=C(SC)CC1)NC. The van der Waals surface area contributed by atoms with E-state index in [1.807, 2.05) is 13.3 Å². The minimum atomic E-state index is -4.33. The van der Waals surface area contributed by atoms with Crippen LogP contribution in [-0.2, 0) is 4.74 Å². The van der Waals surface area contributed by atoms with E-state index < -0.39 is 12.8 Å². The van der Waals surface area contributed by atoms with Crippen LogP contribution in [-0.4, -0.2) is 75.1 Å². The molecule has 0 saturated heterocycles. The Bertz CT molecular complexity index is 468. The normalized spacial score (nSPS) is 17.1. The van der Waals surface area contributed by atoms with Crippen LogP contribution in [0.1, 0.15) is 39.0 Å². The number of aliphatic imine (C=N–C) groups is 1. The summed E-state index contributed by atoms with van der Waals surface area (Å²) in [6, 6.07) is 0. The summed E-state index contributed by atoms with van der Waals surface area (Å²) in [6.45, 7) is 5.80. The molecular weight excluding hydrogens is 377 g/mol. The number of alkyl halides is 3. The molecule has 0 unspecified atom stereocenters. The predicted molar refractivity (Wildman–Crippen MR) is 107 cm³/mol. The third-order valence-electron chi connectivity index (χ3n) is 4.52. The molecule has 0 fully saturated rings. The number of ether oxygens (including phenoxy) is 1. The Morgan fingerprint density at radius 1 is 1.26 bits per heavy atom. The van der Waals surface area contributed by atoms with Gasteiger partial charge in [-0.2, -0.15) is 13.2 Å². The summed E-state index contributed by atoms with van der Waals surface area (Å²) >= 11 is 1.62. The Labute approximate surface area is 165 Å². The van der Waals surface area contributed by atoms with Crippen molar-refractivity contribution in [3.63, 3.8) is 0 Å². The number of hydrogen-bond donors (Lipinski definition) is 1. The van der Waals surface area contributed by atoms with Crippen molar-refractivity contribution in [3.05, 3.63) is 10.6 Å². The number of hydrazine groups is 1. The molecule has 158 valence electrons. The van der Waals surface area contributed by atoms with Crippen LogP contribution in [0.4, 0.5) is 13.2 Å². The fourth-order valence-corrected chi connectivity index (χ4v) is 3.66. The second kappa shape index (κ2) is 13.4. The largest absolute Gasteiger partial charge is 0.474 e. The van der Waals surface area contributed by atoms with Crippen molar-refractivity contribution < 1.29 is 17.9 Å². The van der Waals surface area contributed by atoms with Crippen LogP contribution in [0.3, 0.4) is 0 Å². The highest BCUT2D eigenvalue weighted by Crippen LogP contribution is 2.27. The standard InChI is InChI=1S/C18H33F3N4OS/c1-4-25(22-2)11-7-5-6-10-24-12-8-16(17(27-3)9-13-24)23-15-26-14-18(19,20)21/h15,22H,4-14H2,1-3H3. The summed E-state index contributed by atoms with van der Waals surface area (Å²) in [4.78, 5) is 7.71. The van der Waals surface area contributed by atoms with Crippen LogP contribution in [0.25, 0.3) is 0 Å². The van der Waals surface area contributed by atoms with Crippen molar-refractivity contribution in [1.82, 2.24) is 15.3 Å². The molecule has 5 nitrogen and oxygen atoms in total. The van der Waals surface area contributed by atoms with E-state index in [0.717, 1.165) is 69.0 Å². The van der Waals surface area contributed by atoms with Crippen molar-refractivity contribution in [3.8, 4) is 0 Å². The van der Waals surface area contributed by atoms with Gasteiger partial charge in [-0.1, -0.05) is 13.3 Å². The number of halogens is 3. The Morgan fingerprint density at radius 3 is 2.63 bits per heavy atom. The zero-order valence-electron chi connectivity index (χ0n) is 16.6. The number of nitrogens with zero attached hydrogens (tertiary/aromatic N) is 3. The Hall–Kier alpha value is -0.770. The fraction of sp³-hybridized carbons (Fsp3) is 0.833. The van der Waals surface area contributed by atoms with Gasteiger partial charge in [-0.15, -0.1) is 11.8 Å². The lowest BCUT2D eigenvalue weighted by atomic mass is 10.2. The zero-order valence-corrected chi connectivity index (χ0v) is 17.5. The molecule has 0 aliphatic carbocycles. The maximum Gasteiger partial charge on any atom is 0.422 e. The molecule has 0 aromatic rings. The van der Waals surface area contributed by atoms with Gasteiger partial charge < -0.3 is 9.64 Å². The third-order valence-corrected chi connectivity index (χ3v) is 5.45. The summed E-state index contributed by atoms with van der Waals surface area (Å²) in [6.07, 6.45) is 3.74. The zero-order chi connectivity index (χ0) is 20.1. The highest BCUT2D eigenvalue weighted by molar-refractivity contribution is 8.02. The molecular formula is C18H33F3N4OS. The monoisotopic (exact) mass is 410 g/mol. The molecule has 1 N–H and O–H groups in total. The van der Waals surface area contributed by atoms with Gasteiger partial charge in [-0.3, -0.25) is 5.43 Å². The lowest BCUT2D eigenvalue weighted by Gasteiger charge is -2.21. The van der Waals surface area contributed by atoms with Gasteiger partial charge in [0.2, 0.25) is 0 Å². The first-order chi connectivity index (χ1) is 12.9. The molecule has 0 bridgehead atoms. The van der Waals surface area contributed by atoms with Crippen LogP contribution >= 0.6 is 11.8 Å². The predicted octanol–water partition coefficient (Wildman–Crippen LogP) is 3.89. The first-order valence-corrected chi connectivity index (χ1v) is 10.7. The van der Waals surface area contributed by atoms with Crippen LogP contribution < -0.4 is 5.43 Å². The van der Waals surface area contributed by atoms with E-state index in [2.05, 4.69) is 32.0 Å². The van der Waals surface area contributed by atoms with Gasteiger partial charge in [0.1, 0.15) is 0 Å². The molecule has 9 heteroatoms. The minimum Gasteiger partial charge on any atom is -0.474 e. The van der Waals surface area contributed by atoms with Crippen molar-refractivity contribution in [1.29, 1.82) is 0 Å². The maximum atomic E-state index is 12.1. The molecule has 27 heavy (non-hydrogen) atoms. The third kappa shape index (κ3) is 11.0. The summed E-state index contributed by atoms with van der Waals surface area (Å²) < 4.78 is 40.9. The maximum absolute atomic E-state index is 12.1. The molecule has 0 atom stereocenters. The van der Waals surface area contributed by atoms with Gasteiger partial charge in [-0.25, -0.2) is 10.0 Å². The highest BCUT2D eigenvalue weighted by atomic mass is 32.2. The number of nitrogens with one attached hydrogen (secondary N) is 1. The molecule has 0 saturated carbocycles. The van der Waals surface area contributed by atoms with Gasteiger partial charge in [0.25, 0.3) is 0 Å². The van der Waals surface area contributed by atoms with Crippen molar-refractivity contribution in [2.45, 2.75) is 45.2 Å². The quantitative estimate of drug-likeness (QED) is 0.229. The Kier molecular flexibility index (Phi) is 12.1. The van der Waals surface area contributed by atoms with E-state index in [0.29, 0.717) is 0 Å². The van der Waals surface area contributed by atoms with Gasteiger partial charge in [0, 0.05) is 37.5 Å². The van der Waals surface area contributed by atoms with E-state index >= 15 is 0 Å². The van der Waals surface area contributed by atoms with Crippen LogP contribution in [0.5, 0.6) is 0 Å². The Morgan fingerprint density at radius 2 is 2.00 bits per heavy atom. The van der Waals surface area contributed by atoms with Crippen LogP contribution in [0.15, 0.2) is 15.6 Å². The van der Waals surface area contributed by atoms with Crippen LogP contribution in [0.2, 0.25) is 0 Å². The van der Waals surface area contributed by atoms with Crippen LogP contribution in [0, 0.1) is 0 Å². The fourth-order valence-electron chi connectivity index (χ4n) is 2.97. The summed E-state index contributed by atoms with van der Waals surface area (Å²) in [7, 11) is 1.95. The second-order valence-corrected chi connectivity index (χ2v) is 7.34. The van der Waals surface area contributed by atoms with E-state index in [4.69, 9.17) is 0 Å². The lowest BCUT2D eigenvalue weighted by molar-refractivity contribution is -0.155. The van der Waals surface area contributed by atoms with Crippen molar-refractivity contribution >= 4 is 18.2 Å². The molecule has 1 heterocycles. The number of unbranched alkanes of at least 4 members (excludes halogenated alkanes) is 2. The molecule has 0 radical (unpaired) electrons. The van der Waals surface area contributed by atoms with Crippen molar-refractivity contribution in [2.24, 2.45) is 4.99 Å². The van der Waals surface area contributed by atoms with Gasteiger partial charge in [0.15, 0.2) is 13.0 Å². The van der Waals surface area contributed by atoms with E-state index in [1.165, 1.54) is 12.8 Å². The molecule has 0 amide bonds. The number of thioether (sulfide) groups is 1. The molecule has 1 aliphatic heterocycles. The number of rotatable bonds is 12. The van der Waals surface area contributed by atoms with Gasteiger partial charge in [0.05, 0.1) is 5.70 Å². The second-order valence-electron chi connectivity index (χ2n) is 6.44. The topological polar surface area (TPSA) is 40.1 Å². The summed E-state index contributed by atoms with van der Waals surface area (Å²) in [5.41, 5.74) is 4.02.